The van der Waals surface area contributed by atoms with Crippen molar-refractivity contribution in [1.29, 1.82) is 0 Å². The highest BCUT2D eigenvalue weighted by atomic mass is 16.4. The van der Waals surface area contributed by atoms with Crippen LogP contribution < -0.4 is 10.2 Å². The molecule has 0 saturated carbocycles. The number of rotatable bonds is 5. The minimum absolute atomic E-state index is 0.000688. The van der Waals surface area contributed by atoms with Crippen molar-refractivity contribution in [2.45, 2.75) is 38.8 Å². The Morgan fingerprint density at radius 1 is 0.949 bits per heavy atom. The summed E-state index contributed by atoms with van der Waals surface area (Å²) in [5, 5.41) is 25.4. The first-order valence-electron chi connectivity index (χ1n) is 12.9. The Balaban J connectivity index is 1.55. The normalized spacial score (nSPS) is 24.5. The third-order valence-electron chi connectivity index (χ3n) is 8.41. The van der Waals surface area contributed by atoms with E-state index in [0.29, 0.717) is 22.4 Å². The van der Waals surface area contributed by atoms with Crippen molar-refractivity contribution in [3.63, 3.8) is 0 Å². The molecule has 8 nitrogen and oxygen atoms in total. The molecule has 6 rings (SSSR count). The number of hydrogen-bond donors (Lipinski definition) is 4. The predicted octanol–water partition coefficient (Wildman–Crippen LogP) is 4.31. The molecular weight excluding hydrogens is 494 g/mol. The topological polar surface area (TPSA) is 123 Å². The monoisotopic (exact) mass is 523 g/mol. The molecule has 3 heterocycles. The summed E-state index contributed by atoms with van der Waals surface area (Å²) in [6.07, 6.45) is 1.77. The Morgan fingerprint density at radius 2 is 1.62 bits per heavy atom. The van der Waals surface area contributed by atoms with Gasteiger partial charge in [-0.15, -0.1) is 0 Å². The zero-order valence-corrected chi connectivity index (χ0v) is 21.9. The van der Waals surface area contributed by atoms with Crippen molar-refractivity contribution in [2.24, 2.45) is 11.8 Å². The van der Waals surface area contributed by atoms with Crippen molar-refractivity contribution in [1.82, 2.24) is 10.3 Å². The fourth-order valence-corrected chi connectivity index (χ4v) is 6.52. The smallest absolute Gasteiger partial charge is 0.325 e. The van der Waals surface area contributed by atoms with E-state index in [1.54, 1.807) is 44.3 Å². The lowest BCUT2D eigenvalue weighted by molar-refractivity contribution is -0.148. The third kappa shape index (κ3) is 3.59. The minimum Gasteiger partial charge on any atom is -0.507 e. The molecule has 3 aromatic carbocycles. The number of aromatic amines is 1. The number of fused-ring (bicyclic) bond motifs is 2. The first-order chi connectivity index (χ1) is 18.6. The quantitative estimate of drug-likeness (QED) is 0.289. The number of phenolic OH excluding ortho intramolecular Hbond substituents is 1. The molecule has 4 N–H and O–H groups in total. The second-order valence-corrected chi connectivity index (χ2v) is 10.7. The molecule has 1 aromatic heterocycles. The van der Waals surface area contributed by atoms with Crippen LogP contribution in [0.25, 0.3) is 10.9 Å². The molecule has 0 radical (unpaired) electrons. The van der Waals surface area contributed by atoms with Crippen LogP contribution in [-0.2, 0) is 20.8 Å². The first-order valence-corrected chi connectivity index (χ1v) is 12.9. The number of phenols is 1. The van der Waals surface area contributed by atoms with Crippen LogP contribution in [0.5, 0.6) is 5.75 Å². The SMILES string of the molecule is Cc1ccccc1N1C(=O)C2C(c3cc(C)c(O)c(C)c3)NC(Cc3c[nH]c4ccccc34)(C(=O)O)C2C1=O. The lowest BCUT2D eigenvalue weighted by Gasteiger charge is -2.31. The Labute approximate surface area is 225 Å². The molecule has 2 amide bonds. The highest BCUT2D eigenvalue weighted by molar-refractivity contribution is 6.24. The van der Waals surface area contributed by atoms with Crippen LogP contribution in [0.15, 0.2) is 66.9 Å². The largest absolute Gasteiger partial charge is 0.507 e. The minimum atomic E-state index is -1.75. The number of carboxylic acids is 1. The number of benzene rings is 3. The van der Waals surface area contributed by atoms with Crippen molar-refractivity contribution in [2.75, 3.05) is 4.90 Å². The van der Waals surface area contributed by atoms with E-state index in [-0.39, 0.29) is 12.2 Å². The van der Waals surface area contributed by atoms with Gasteiger partial charge in [-0.25, -0.2) is 4.90 Å². The van der Waals surface area contributed by atoms with Crippen LogP contribution in [0.1, 0.15) is 33.9 Å². The maximum absolute atomic E-state index is 14.2. The maximum Gasteiger partial charge on any atom is 0.325 e. The molecule has 2 saturated heterocycles. The van der Waals surface area contributed by atoms with Gasteiger partial charge in [-0.05, 0) is 60.7 Å². The molecule has 0 aliphatic carbocycles. The van der Waals surface area contributed by atoms with Gasteiger partial charge in [0.1, 0.15) is 11.3 Å². The number of para-hydroxylation sites is 2. The number of imide groups is 1. The molecule has 2 fully saturated rings. The molecule has 8 heteroatoms. The summed E-state index contributed by atoms with van der Waals surface area (Å²) < 4.78 is 0. The first kappa shape index (κ1) is 24.9. The van der Waals surface area contributed by atoms with E-state index < -0.39 is 41.2 Å². The number of hydrogen-bond acceptors (Lipinski definition) is 5. The summed E-state index contributed by atoms with van der Waals surface area (Å²) >= 11 is 0. The average Bonchev–Trinajstić information content (AvgIpc) is 3.55. The van der Waals surface area contributed by atoms with E-state index in [2.05, 4.69) is 10.3 Å². The van der Waals surface area contributed by atoms with Crippen molar-refractivity contribution < 1.29 is 24.6 Å². The second kappa shape index (κ2) is 8.81. The molecule has 0 bridgehead atoms. The molecule has 198 valence electrons. The molecule has 2 aliphatic heterocycles. The number of carbonyl (C=O) groups is 3. The number of nitrogens with zero attached hydrogens (tertiary/aromatic N) is 1. The summed E-state index contributed by atoms with van der Waals surface area (Å²) in [6.45, 7) is 5.34. The van der Waals surface area contributed by atoms with E-state index in [1.165, 1.54) is 4.90 Å². The lowest BCUT2D eigenvalue weighted by Crippen LogP contribution is -2.57. The van der Waals surface area contributed by atoms with Crippen LogP contribution in [0.2, 0.25) is 0 Å². The summed E-state index contributed by atoms with van der Waals surface area (Å²) in [7, 11) is 0. The van der Waals surface area contributed by atoms with Crippen LogP contribution in [-0.4, -0.2) is 38.5 Å². The number of amides is 2. The van der Waals surface area contributed by atoms with Gasteiger partial charge in [-0.1, -0.05) is 48.5 Å². The second-order valence-electron chi connectivity index (χ2n) is 10.7. The molecule has 2 aliphatic rings. The van der Waals surface area contributed by atoms with Gasteiger partial charge >= 0.3 is 5.97 Å². The van der Waals surface area contributed by atoms with Gasteiger partial charge in [-0.3, -0.25) is 19.7 Å². The van der Waals surface area contributed by atoms with Gasteiger partial charge in [0.05, 0.1) is 17.5 Å². The molecule has 4 aromatic rings. The number of H-pyrrole nitrogens is 1. The zero-order valence-electron chi connectivity index (χ0n) is 21.9. The van der Waals surface area contributed by atoms with E-state index >= 15 is 0 Å². The summed E-state index contributed by atoms with van der Waals surface area (Å²) in [5.41, 5.74) is 2.95. The van der Waals surface area contributed by atoms with Crippen LogP contribution >= 0.6 is 0 Å². The fraction of sp³-hybridized carbons (Fsp3) is 0.258. The van der Waals surface area contributed by atoms with E-state index in [0.717, 1.165) is 22.0 Å². The number of carbonyl (C=O) groups excluding carboxylic acids is 2. The van der Waals surface area contributed by atoms with E-state index in [4.69, 9.17) is 0 Å². The van der Waals surface area contributed by atoms with Gasteiger partial charge in [-0.2, -0.15) is 0 Å². The standard InChI is InChI=1S/C31H29N3O5/c1-16-8-4-7-11-23(16)34-28(36)24-25(29(34)37)31(30(38)39,14-20-15-32-22-10-6-5-9-21(20)22)33-26(24)19-12-17(2)27(35)18(3)13-19/h4-13,15,24-26,32-33,35H,14H2,1-3H3,(H,38,39). The summed E-state index contributed by atoms with van der Waals surface area (Å²) in [4.78, 5) is 45.9. The third-order valence-corrected chi connectivity index (χ3v) is 8.41. The molecule has 4 unspecified atom stereocenters. The van der Waals surface area contributed by atoms with Crippen molar-refractivity contribution in [3.8, 4) is 5.75 Å². The Hall–Kier alpha value is -4.43. The van der Waals surface area contributed by atoms with Crippen molar-refractivity contribution >= 4 is 34.4 Å². The number of carboxylic acid groups (broad SMARTS) is 1. The summed E-state index contributed by atoms with van der Waals surface area (Å²) in [5.74, 6) is -4.08. The maximum atomic E-state index is 14.2. The van der Waals surface area contributed by atoms with Gasteiger partial charge in [0.2, 0.25) is 11.8 Å². The Kier molecular flexibility index (Phi) is 5.62. The molecular formula is C31H29N3O5. The number of aliphatic carboxylic acids is 1. The lowest BCUT2D eigenvalue weighted by atomic mass is 9.76. The van der Waals surface area contributed by atoms with E-state index in [9.17, 15) is 24.6 Å². The van der Waals surface area contributed by atoms with Gasteiger partial charge in [0.25, 0.3) is 0 Å². The Morgan fingerprint density at radius 3 is 2.31 bits per heavy atom. The number of aromatic hydroxyl groups is 1. The molecule has 4 atom stereocenters. The van der Waals surface area contributed by atoms with Crippen LogP contribution in [0.3, 0.4) is 0 Å². The number of aromatic nitrogens is 1. The average molecular weight is 524 g/mol. The fourth-order valence-electron chi connectivity index (χ4n) is 6.52. The van der Waals surface area contributed by atoms with Gasteiger partial charge < -0.3 is 15.2 Å². The molecule has 39 heavy (non-hydrogen) atoms. The summed E-state index contributed by atoms with van der Waals surface area (Å²) in [6, 6.07) is 17.5. The highest BCUT2D eigenvalue weighted by Gasteiger charge is 2.68. The number of aryl methyl sites for hydroxylation is 3. The van der Waals surface area contributed by atoms with E-state index in [1.807, 2.05) is 43.3 Å². The number of nitrogens with one attached hydrogen (secondary N) is 2. The highest BCUT2D eigenvalue weighted by Crippen LogP contribution is 2.52. The van der Waals surface area contributed by atoms with Crippen LogP contribution in [0, 0.1) is 32.6 Å². The van der Waals surface area contributed by atoms with Gasteiger partial charge in [0, 0.05) is 29.6 Å². The van der Waals surface area contributed by atoms with Crippen LogP contribution in [0.4, 0.5) is 5.69 Å². The predicted molar refractivity (Wildman–Crippen MR) is 146 cm³/mol. The Bertz CT molecular complexity index is 1650. The molecule has 0 spiro atoms. The number of anilines is 1. The zero-order chi connectivity index (χ0) is 27.6. The van der Waals surface area contributed by atoms with Crippen molar-refractivity contribution in [3.05, 3.63) is 94.7 Å². The van der Waals surface area contributed by atoms with Gasteiger partial charge in [0.15, 0.2) is 0 Å².